The molecule has 4 nitrogen and oxygen atoms in total. The highest BCUT2D eigenvalue weighted by Gasteiger charge is 2.19. The molecule has 0 amide bonds. The van der Waals surface area contributed by atoms with Gasteiger partial charge in [0.25, 0.3) is 0 Å². The van der Waals surface area contributed by atoms with Crippen molar-refractivity contribution in [1.82, 2.24) is 10.2 Å². The van der Waals surface area contributed by atoms with Crippen molar-refractivity contribution in [3.63, 3.8) is 0 Å². The van der Waals surface area contributed by atoms with Gasteiger partial charge in [-0.15, -0.1) is 0 Å². The van der Waals surface area contributed by atoms with E-state index in [4.69, 9.17) is 4.74 Å². The lowest BCUT2D eigenvalue weighted by Gasteiger charge is -2.32. The van der Waals surface area contributed by atoms with Gasteiger partial charge in [-0.3, -0.25) is 4.79 Å². The van der Waals surface area contributed by atoms with Gasteiger partial charge in [-0.1, -0.05) is 0 Å². The molecule has 1 heterocycles. The molecule has 0 aliphatic carbocycles. The highest BCUT2D eigenvalue weighted by Crippen LogP contribution is 2.15. The molecule has 0 spiro atoms. The first-order chi connectivity index (χ1) is 7.76. The molecule has 0 aromatic carbocycles. The number of nitrogens with zero attached hydrogens (tertiary/aromatic N) is 1. The molecule has 1 fully saturated rings. The molecule has 16 heavy (non-hydrogen) atoms. The van der Waals surface area contributed by atoms with Crippen molar-refractivity contribution < 1.29 is 9.53 Å². The topological polar surface area (TPSA) is 41.6 Å². The predicted molar refractivity (Wildman–Crippen MR) is 64.3 cm³/mol. The Kier molecular flexibility index (Phi) is 6.42. The predicted octanol–water partition coefficient (Wildman–Crippen LogP) is 0.871. The number of esters is 1. The van der Waals surface area contributed by atoms with Crippen LogP contribution in [0.2, 0.25) is 0 Å². The van der Waals surface area contributed by atoms with Crippen molar-refractivity contribution in [3.05, 3.63) is 0 Å². The van der Waals surface area contributed by atoms with E-state index in [2.05, 4.69) is 10.2 Å². The van der Waals surface area contributed by atoms with Crippen LogP contribution in [0.15, 0.2) is 0 Å². The minimum Gasteiger partial charge on any atom is -0.466 e. The van der Waals surface area contributed by atoms with Gasteiger partial charge in [-0.05, 0) is 45.8 Å². The van der Waals surface area contributed by atoms with E-state index in [0.717, 1.165) is 32.1 Å². The molecule has 1 N–H and O–H groups in total. The van der Waals surface area contributed by atoms with Crippen molar-refractivity contribution in [2.75, 3.05) is 39.8 Å². The number of hydrogen-bond donors (Lipinski definition) is 1. The maximum atomic E-state index is 11.2. The maximum Gasteiger partial charge on any atom is 0.307 e. The van der Waals surface area contributed by atoms with Crippen LogP contribution in [-0.4, -0.2) is 50.7 Å². The van der Waals surface area contributed by atoms with Crippen LogP contribution in [-0.2, 0) is 9.53 Å². The van der Waals surface area contributed by atoms with Crippen LogP contribution < -0.4 is 5.32 Å². The Hall–Kier alpha value is -0.610. The second-order valence-electron chi connectivity index (χ2n) is 4.42. The third-order valence-corrected chi connectivity index (χ3v) is 3.03. The standard InChI is InChI=1S/C12H24N2O2/c1-3-16-12(15)6-8-14-7-4-5-11(10-14)9-13-2/h11,13H,3-10H2,1-2H3. The highest BCUT2D eigenvalue weighted by atomic mass is 16.5. The smallest absolute Gasteiger partial charge is 0.307 e. The summed E-state index contributed by atoms with van der Waals surface area (Å²) in [7, 11) is 2.00. The molecular weight excluding hydrogens is 204 g/mol. The molecule has 1 unspecified atom stereocenters. The summed E-state index contributed by atoms with van der Waals surface area (Å²) in [5.41, 5.74) is 0. The van der Waals surface area contributed by atoms with E-state index >= 15 is 0 Å². The Morgan fingerprint density at radius 1 is 1.56 bits per heavy atom. The number of hydrogen-bond acceptors (Lipinski definition) is 4. The first-order valence-corrected chi connectivity index (χ1v) is 6.28. The zero-order valence-electron chi connectivity index (χ0n) is 10.5. The monoisotopic (exact) mass is 228 g/mol. The molecule has 1 aliphatic rings. The summed E-state index contributed by atoms with van der Waals surface area (Å²) in [5.74, 6) is 0.666. The van der Waals surface area contributed by atoms with Crippen molar-refractivity contribution in [3.8, 4) is 0 Å². The van der Waals surface area contributed by atoms with Crippen molar-refractivity contribution in [2.24, 2.45) is 5.92 Å². The van der Waals surface area contributed by atoms with E-state index in [9.17, 15) is 4.79 Å². The molecule has 1 aliphatic heterocycles. The van der Waals surface area contributed by atoms with Crippen LogP contribution in [0.3, 0.4) is 0 Å². The number of piperidine rings is 1. The molecule has 1 atom stereocenters. The Balaban J connectivity index is 2.18. The summed E-state index contributed by atoms with van der Waals surface area (Å²) < 4.78 is 4.93. The van der Waals surface area contributed by atoms with Gasteiger partial charge in [-0.2, -0.15) is 0 Å². The second kappa shape index (κ2) is 7.63. The van der Waals surface area contributed by atoms with Crippen molar-refractivity contribution in [2.45, 2.75) is 26.2 Å². The molecule has 4 heteroatoms. The fraction of sp³-hybridized carbons (Fsp3) is 0.917. The molecule has 0 radical (unpaired) electrons. The van der Waals surface area contributed by atoms with Gasteiger partial charge in [0.05, 0.1) is 13.0 Å². The summed E-state index contributed by atoms with van der Waals surface area (Å²) >= 11 is 0. The summed E-state index contributed by atoms with van der Waals surface area (Å²) in [4.78, 5) is 13.6. The van der Waals surface area contributed by atoms with E-state index in [1.165, 1.54) is 12.8 Å². The Bertz CT molecular complexity index is 207. The van der Waals surface area contributed by atoms with Crippen LogP contribution in [0.5, 0.6) is 0 Å². The average molecular weight is 228 g/mol. The van der Waals surface area contributed by atoms with E-state index < -0.39 is 0 Å². The van der Waals surface area contributed by atoms with E-state index in [1.807, 2.05) is 14.0 Å². The Morgan fingerprint density at radius 2 is 2.38 bits per heavy atom. The normalized spacial score (nSPS) is 22.0. The van der Waals surface area contributed by atoms with Gasteiger partial charge in [0.2, 0.25) is 0 Å². The third-order valence-electron chi connectivity index (χ3n) is 3.03. The first kappa shape index (κ1) is 13.5. The summed E-state index contributed by atoms with van der Waals surface area (Å²) in [6, 6.07) is 0. The number of carbonyl (C=O) groups is 1. The molecule has 0 aromatic rings. The van der Waals surface area contributed by atoms with Gasteiger partial charge in [0.1, 0.15) is 0 Å². The summed E-state index contributed by atoms with van der Waals surface area (Å²) in [6.07, 6.45) is 3.08. The van der Waals surface area contributed by atoms with Gasteiger partial charge in [-0.25, -0.2) is 0 Å². The van der Waals surface area contributed by atoms with E-state index in [1.54, 1.807) is 0 Å². The van der Waals surface area contributed by atoms with Crippen molar-refractivity contribution in [1.29, 1.82) is 0 Å². The molecule has 0 aromatic heterocycles. The zero-order chi connectivity index (χ0) is 11.8. The lowest BCUT2D eigenvalue weighted by atomic mass is 9.98. The number of ether oxygens (including phenoxy) is 1. The van der Waals surface area contributed by atoms with Gasteiger partial charge in [0.15, 0.2) is 0 Å². The average Bonchev–Trinajstić information content (AvgIpc) is 2.28. The first-order valence-electron chi connectivity index (χ1n) is 6.28. The molecular formula is C12H24N2O2. The summed E-state index contributed by atoms with van der Waals surface area (Å²) in [6.45, 7) is 6.50. The number of rotatable bonds is 6. The van der Waals surface area contributed by atoms with Gasteiger partial charge in [0, 0.05) is 13.1 Å². The van der Waals surface area contributed by atoms with Crippen LogP contribution in [0.4, 0.5) is 0 Å². The minimum absolute atomic E-state index is 0.0711. The number of nitrogens with one attached hydrogen (secondary N) is 1. The van der Waals surface area contributed by atoms with E-state index in [-0.39, 0.29) is 5.97 Å². The fourth-order valence-electron chi connectivity index (χ4n) is 2.29. The van der Waals surface area contributed by atoms with Gasteiger partial charge < -0.3 is 15.0 Å². The van der Waals surface area contributed by atoms with Crippen LogP contribution >= 0.6 is 0 Å². The highest BCUT2D eigenvalue weighted by molar-refractivity contribution is 5.69. The number of carbonyl (C=O) groups excluding carboxylic acids is 1. The Labute approximate surface area is 98.3 Å². The SMILES string of the molecule is CCOC(=O)CCN1CCCC(CNC)C1. The third kappa shape index (κ3) is 4.94. The second-order valence-corrected chi connectivity index (χ2v) is 4.42. The van der Waals surface area contributed by atoms with Gasteiger partial charge >= 0.3 is 5.97 Å². The molecule has 1 saturated heterocycles. The number of likely N-dealkylation sites (tertiary alicyclic amines) is 1. The van der Waals surface area contributed by atoms with Crippen LogP contribution in [0.25, 0.3) is 0 Å². The van der Waals surface area contributed by atoms with Crippen molar-refractivity contribution >= 4 is 5.97 Å². The summed E-state index contributed by atoms with van der Waals surface area (Å²) in [5, 5.41) is 3.22. The Morgan fingerprint density at radius 3 is 3.06 bits per heavy atom. The molecule has 1 rings (SSSR count). The lowest BCUT2D eigenvalue weighted by molar-refractivity contribution is -0.143. The van der Waals surface area contributed by atoms with E-state index in [0.29, 0.717) is 13.0 Å². The molecule has 0 bridgehead atoms. The minimum atomic E-state index is -0.0711. The fourth-order valence-corrected chi connectivity index (χ4v) is 2.29. The maximum absolute atomic E-state index is 11.2. The van der Waals surface area contributed by atoms with Crippen LogP contribution in [0.1, 0.15) is 26.2 Å². The molecule has 0 saturated carbocycles. The zero-order valence-corrected chi connectivity index (χ0v) is 10.5. The molecule has 94 valence electrons. The lowest BCUT2D eigenvalue weighted by Crippen LogP contribution is -2.40. The van der Waals surface area contributed by atoms with Crippen LogP contribution in [0, 0.1) is 5.92 Å². The largest absolute Gasteiger partial charge is 0.466 e. The quantitative estimate of drug-likeness (QED) is 0.685.